The fourth-order valence-electron chi connectivity index (χ4n) is 4.82. The molecule has 1 aliphatic rings. The van der Waals surface area contributed by atoms with Crippen LogP contribution in [0.5, 0.6) is 5.88 Å². The van der Waals surface area contributed by atoms with Crippen LogP contribution in [0.3, 0.4) is 0 Å². The van der Waals surface area contributed by atoms with E-state index in [1.165, 1.54) is 50.6 Å². The summed E-state index contributed by atoms with van der Waals surface area (Å²) >= 11 is 0. The minimum atomic E-state index is -4.58. The summed E-state index contributed by atoms with van der Waals surface area (Å²) in [5.74, 6) is -3.79. The van der Waals surface area contributed by atoms with Crippen molar-refractivity contribution in [2.75, 3.05) is 24.9 Å². The first-order valence-electron chi connectivity index (χ1n) is 14.1. The molecule has 0 saturated carbocycles. The third kappa shape index (κ3) is 6.87. The minimum Gasteiger partial charge on any atom is -0.480 e. The average Bonchev–Trinajstić information content (AvgIpc) is 2.99. The van der Waals surface area contributed by atoms with Gasteiger partial charge in [-0.15, -0.1) is 0 Å². The summed E-state index contributed by atoms with van der Waals surface area (Å²) in [4.78, 5) is 39.8. The number of anilines is 1. The monoisotopic (exact) mass is 641 g/mol. The number of aromatic nitrogens is 3. The number of ketones is 1. The van der Waals surface area contributed by atoms with Crippen molar-refractivity contribution < 1.29 is 37.3 Å². The van der Waals surface area contributed by atoms with Gasteiger partial charge in [0.05, 0.1) is 30.4 Å². The summed E-state index contributed by atoms with van der Waals surface area (Å²) in [6, 6.07) is 5.81. The molecule has 3 heterocycles. The normalized spacial score (nSPS) is 15.0. The third-order valence-electron chi connectivity index (χ3n) is 7.04. The average molecular weight is 642 g/mol. The van der Waals surface area contributed by atoms with Crippen LogP contribution >= 0.6 is 0 Å². The lowest BCUT2D eigenvalue weighted by Gasteiger charge is -2.29. The van der Waals surface area contributed by atoms with Gasteiger partial charge in [0.1, 0.15) is 29.4 Å². The molecule has 15 heteroatoms. The Morgan fingerprint density at radius 1 is 1.13 bits per heavy atom. The van der Waals surface area contributed by atoms with Gasteiger partial charge in [-0.25, -0.2) is 31.6 Å². The number of nitrogens with zero attached hydrogens (tertiary/aromatic N) is 4. The van der Waals surface area contributed by atoms with Crippen LogP contribution in [-0.2, 0) is 19.6 Å². The van der Waals surface area contributed by atoms with Crippen LogP contribution in [0.15, 0.2) is 70.9 Å². The number of pyridine rings is 1. The number of aromatic amines is 1. The molecule has 5 rings (SSSR count). The zero-order valence-corrected chi connectivity index (χ0v) is 24.8. The van der Waals surface area contributed by atoms with Crippen molar-refractivity contribution in [2.45, 2.75) is 30.7 Å². The van der Waals surface area contributed by atoms with Crippen molar-refractivity contribution in [2.24, 2.45) is 4.99 Å². The molecular weight excluding hydrogens is 613 g/mol. The van der Waals surface area contributed by atoms with Crippen LogP contribution in [0, 0.1) is 17.5 Å². The number of fused-ring (bicyclic) bond motifs is 1. The van der Waals surface area contributed by atoms with Gasteiger partial charge >= 0.3 is 0 Å². The molecule has 0 aliphatic carbocycles. The molecule has 11 nitrogen and oxygen atoms in total. The number of amides is 1. The van der Waals surface area contributed by atoms with Crippen LogP contribution < -0.4 is 14.9 Å². The predicted octanol–water partition coefficient (Wildman–Crippen LogP) is 3.89. The SMILES string of the molecule is [2H]c1nc(=NC2CCN(C(=O)/C=C/C(C)=O)CC2)c2c(F)c(-c3cnc(OC)c(NS(=O)(=O)c4ccc(F)cc4F)c3)ccc2[nH]1. The lowest BCUT2D eigenvalue weighted by atomic mass is 10.0. The van der Waals surface area contributed by atoms with Gasteiger partial charge < -0.3 is 14.6 Å². The van der Waals surface area contributed by atoms with E-state index in [1.54, 1.807) is 4.90 Å². The summed E-state index contributed by atoms with van der Waals surface area (Å²) in [6.07, 6.45) is 4.30. The van der Waals surface area contributed by atoms with Crippen LogP contribution in [0.4, 0.5) is 18.9 Å². The molecule has 0 radical (unpaired) electrons. The summed E-state index contributed by atoms with van der Waals surface area (Å²) in [5.41, 5.74) is 0.0606. The molecule has 2 aromatic carbocycles. The Morgan fingerprint density at radius 3 is 2.58 bits per heavy atom. The molecule has 1 aliphatic heterocycles. The van der Waals surface area contributed by atoms with Crippen molar-refractivity contribution in [1.82, 2.24) is 19.9 Å². The Morgan fingerprint density at radius 2 is 1.89 bits per heavy atom. The maximum Gasteiger partial charge on any atom is 0.264 e. The lowest BCUT2D eigenvalue weighted by Crippen LogP contribution is -2.39. The van der Waals surface area contributed by atoms with Gasteiger partial charge in [-0.2, -0.15) is 0 Å². The fraction of sp³-hybridized carbons (Fsp3) is 0.233. The summed E-state index contributed by atoms with van der Waals surface area (Å²) in [7, 11) is -3.35. The Bertz CT molecular complexity index is 2060. The number of nitrogens with one attached hydrogen (secondary N) is 2. The van der Waals surface area contributed by atoms with E-state index in [4.69, 9.17) is 6.11 Å². The maximum absolute atomic E-state index is 16.3. The molecule has 2 aromatic heterocycles. The third-order valence-corrected chi connectivity index (χ3v) is 8.44. The number of H-pyrrole nitrogens is 1. The number of allylic oxidation sites excluding steroid dienone is 1. The van der Waals surface area contributed by atoms with Gasteiger partial charge in [-0.05, 0) is 56.2 Å². The van der Waals surface area contributed by atoms with Crippen molar-refractivity contribution >= 4 is 38.3 Å². The van der Waals surface area contributed by atoms with Crippen LogP contribution in [0.25, 0.3) is 22.0 Å². The summed E-state index contributed by atoms with van der Waals surface area (Å²) in [6.45, 7) is 2.05. The van der Waals surface area contributed by atoms with Crippen LogP contribution in [-0.4, -0.2) is 66.2 Å². The maximum atomic E-state index is 16.3. The molecule has 0 atom stereocenters. The van der Waals surface area contributed by atoms with E-state index in [0.29, 0.717) is 32.0 Å². The number of piperidine rings is 1. The summed E-state index contributed by atoms with van der Waals surface area (Å²) in [5, 5.41) is -0.0253. The van der Waals surface area contributed by atoms with Gasteiger partial charge in [-0.3, -0.25) is 19.3 Å². The molecule has 2 N–H and O–H groups in total. The van der Waals surface area contributed by atoms with E-state index >= 15 is 4.39 Å². The van der Waals surface area contributed by atoms with E-state index in [1.807, 2.05) is 0 Å². The number of hydrogen-bond donors (Lipinski definition) is 2. The second-order valence-electron chi connectivity index (χ2n) is 10.1. The molecule has 45 heavy (non-hydrogen) atoms. The molecule has 0 spiro atoms. The van der Waals surface area contributed by atoms with Crippen molar-refractivity contribution in [1.29, 1.82) is 0 Å². The van der Waals surface area contributed by atoms with E-state index in [2.05, 4.69) is 24.7 Å². The van der Waals surface area contributed by atoms with Crippen molar-refractivity contribution in [3.8, 4) is 17.0 Å². The number of rotatable bonds is 8. The number of methoxy groups -OCH3 is 1. The van der Waals surface area contributed by atoms with E-state index in [-0.39, 0.29) is 63.1 Å². The van der Waals surface area contributed by atoms with E-state index in [0.717, 1.165) is 12.1 Å². The van der Waals surface area contributed by atoms with Gasteiger partial charge in [0.15, 0.2) is 11.3 Å². The first kappa shape index (κ1) is 30.0. The smallest absolute Gasteiger partial charge is 0.264 e. The Labute approximate surface area is 257 Å². The molecular formula is C30H27F3N6O5S. The molecule has 1 amide bonds. The Kier molecular flexibility index (Phi) is 8.60. The van der Waals surface area contributed by atoms with Gasteiger partial charge in [-0.1, -0.05) is 0 Å². The molecule has 4 aromatic rings. The standard InChI is InChI=1S/C30H27F3N6O5S/c1-17(40)3-8-26(41)39-11-9-20(10-12-39)37-29-27-23(35-16-36-29)6-5-21(28(27)33)18-13-24(30(44-2)34-15-18)38-45(42,43)25-7-4-19(31)14-22(25)32/h3-8,13-16,20,38H,9-12H2,1-2H3,(H,35,36,37)/b8-3+/i16D. The predicted molar refractivity (Wildman–Crippen MR) is 158 cm³/mol. The molecule has 0 bridgehead atoms. The highest BCUT2D eigenvalue weighted by Crippen LogP contribution is 2.33. The molecule has 0 unspecified atom stereocenters. The van der Waals surface area contributed by atoms with Crippen LogP contribution in [0.1, 0.15) is 21.1 Å². The highest BCUT2D eigenvalue weighted by Gasteiger charge is 2.24. The molecule has 1 saturated heterocycles. The van der Waals surface area contributed by atoms with Gasteiger partial charge in [0.2, 0.25) is 11.8 Å². The van der Waals surface area contributed by atoms with Gasteiger partial charge in [0, 0.05) is 42.6 Å². The quantitative estimate of drug-likeness (QED) is 0.278. The number of likely N-dealkylation sites (tertiary alicyclic amines) is 1. The number of ether oxygens (including phenoxy) is 1. The van der Waals surface area contributed by atoms with Crippen molar-refractivity contribution in [3.05, 3.63) is 84.0 Å². The summed E-state index contributed by atoms with van der Waals surface area (Å²) < 4.78 is 85.3. The number of sulfonamides is 1. The largest absolute Gasteiger partial charge is 0.480 e. The van der Waals surface area contributed by atoms with Gasteiger partial charge in [0.25, 0.3) is 10.0 Å². The lowest BCUT2D eigenvalue weighted by molar-refractivity contribution is -0.127. The van der Waals surface area contributed by atoms with Crippen LogP contribution in [0.2, 0.25) is 0 Å². The second kappa shape index (κ2) is 12.9. The zero-order chi connectivity index (χ0) is 33.2. The zero-order valence-electron chi connectivity index (χ0n) is 25.0. The highest BCUT2D eigenvalue weighted by atomic mass is 32.2. The van der Waals surface area contributed by atoms with E-state index in [9.17, 15) is 26.8 Å². The molecule has 1 fully saturated rings. The number of carbonyl (C=O) groups excluding carboxylic acids is 2. The molecule has 234 valence electrons. The number of benzene rings is 2. The fourth-order valence-corrected chi connectivity index (χ4v) is 5.93. The van der Waals surface area contributed by atoms with Crippen molar-refractivity contribution in [3.63, 3.8) is 0 Å². The van der Waals surface area contributed by atoms with E-state index < -0.39 is 32.4 Å². The minimum absolute atomic E-state index is 0.0156. The number of carbonyl (C=O) groups is 2. The topological polar surface area (TPSA) is 147 Å². The second-order valence-corrected chi connectivity index (χ2v) is 11.8. The number of hydrogen-bond acceptors (Lipinski definition) is 8. The first-order chi connectivity index (χ1) is 21.9. The Hall–Kier alpha value is -5.05. The highest BCUT2D eigenvalue weighted by molar-refractivity contribution is 7.92. The number of halogens is 3. The Balaban J connectivity index is 1.50. The first-order valence-corrected chi connectivity index (χ1v) is 15.1.